The summed E-state index contributed by atoms with van der Waals surface area (Å²) in [4.78, 5) is 2.42. The summed E-state index contributed by atoms with van der Waals surface area (Å²) in [6.07, 6.45) is 5.91. The van der Waals surface area contributed by atoms with Gasteiger partial charge in [0.1, 0.15) is 5.76 Å². The van der Waals surface area contributed by atoms with E-state index in [2.05, 4.69) is 27.8 Å². The third-order valence-electron chi connectivity index (χ3n) is 5.63. The first-order chi connectivity index (χ1) is 12.0. The molecule has 0 radical (unpaired) electrons. The molecule has 1 atom stereocenters. The number of likely N-dealkylation sites (tertiary alicyclic amines) is 1. The molecule has 0 saturated carbocycles. The number of nitrogens with one attached hydrogen (secondary N) is 1. The van der Waals surface area contributed by atoms with Gasteiger partial charge >= 0.3 is 0 Å². The van der Waals surface area contributed by atoms with Gasteiger partial charge in [0.25, 0.3) is 0 Å². The normalized spacial score (nSPS) is 23.0. The van der Waals surface area contributed by atoms with Crippen LogP contribution in [0, 0.1) is 0 Å². The molecular weight excluding hydrogens is 336 g/mol. The second kappa shape index (κ2) is 6.27. The molecule has 1 fully saturated rings. The Labute approximate surface area is 149 Å². The van der Waals surface area contributed by atoms with Crippen molar-refractivity contribution in [3.8, 4) is 0 Å². The Balaban J connectivity index is 1.53. The van der Waals surface area contributed by atoms with Crippen molar-refractivity contribution in [2.75, 3.05) is 19.3 Å². The standard InChI is InChI=1S/C19H24N2O3S/c1-25(22,23)20-18-13-19(17-7-3-2-6-16(17)18)8-10-21(11-9-19)14-15-5-4-12-24-15/h2-7,12,18,20H,8-11,13-14H2,1H3/t18-/m0/s1. The summed E-state index contributed by atoms with van der Waals surface area (Å²) in [7, 11) is -3.22. The third kappa shape index (κ3) is 3.38. The van der Waals surface area contributed by atoms with Crippen molar-refractivity contribution < 1.29 is 12.8 Å². The summed E-state index contributed by atoms with van der Waals surface area (Å²) in [5, 5.41) is 0. The SMILES string of the molecule is CS(=O)(=O)N[C@H]1CC2(CCN(Cc3ccco3)CC2)c2ccccc21. The summed E-state index contributed by atoms with van der Waals surface area (Å²) >= 11 is 0. The van der Waals surface area contributed by atoms with Crippen LogP contribution in [0.5, 0.6) is 0 Å². The Kier molecular flexibility index (Phi) is 4.22. The highest BCUT2D eigenvalue weighted by atomic mass is 32.2. The molecule has 5 nitrogen and oxygen atoms in total. The van der Waals surface area contributed by atoms with E-state index in [-0.39, 0.29) is 11.5 Å². The Morgan fingerprint density at radius 1 is 1.20 bits per heavy atom. The Hall–Kier alpha value is -1.63. The van der Waals surface area contributed by atoms with Crippen molar-refractivity contribution in [1.82, 2.24) is 9.62 Å². The Morgan fingerprint density at radius 2 is 1.96 bits per heavy atom. The largest absolute Gasteiger partial charge is 0.468 e. The average molecular weight is 360 g/mol. The van der Waals surface area contributed by atoms with Gasteiger partial charge in [-0.15, -0.1) is 0 Å². The fourth-order valence-electron chi connectivity index (χ4n) is 4.49. The van der Waals surface area contributed by atoms with E-state index >= 15 is 0 Å². The van der Waals surface area contributed by atoms with E-state index in [1.54, 1.807) is 6.26 Å². The highest BCUT2D eigenvalue weighted by molar-refractivity contribution is 7.88. The van der Waals surface area contributed by atoms with Crippen LogP contribution in [0.1, 0.15) is 42.2 Å². The minimum Gasteiger partial charge on any atom is -0.468 e. The zero-order valence-corrected chi connectivity index (χ0v) is 15.3. The topological polar surface area (TPSA) is 62.6 Å². The molecule has 1 aromatic carbocycles. The lowest BCUT2D eigenvalue weighted by Gasteiger charge is -2.40. The third-order valence-corrected chi connectivity index (χ3v) is 6.34. The zero-order valence-electron chi connectivity index (χ0n) is 14.4. The van der Waals surface area contributed by atoms with Crippen LogP contribution in [0.25, 0.3) is 0 Å². The molecule has 1 aliphatic carbocycles. The van der Waals surface area contributed by atoms with Gasteiger partial charge in [-0.1, -0.05) is 24.3 Å². The van der Waals surface area contributed by atoms with Crippen LogP contribution in [-0.4, -0.2) is 32.7 Å². The van der Waals surface area contributed by atoms with Gasteiger partial charge in [0.05, 0.1) is 19.1 Å². The molecule has 134 valence electrons. The number of nitrogens with zero attached hydrogens (tertiary/aromatic N) is 1. The van der Waals surface area contributed by atoms with Crippen LogP contribution in [0.2, 0.25) is 0 Å². The molecule has 1 aliphatic heterocycles. The van der Waals surface area contributed by atoms with Crippen LogP contribution in [0.4, 0.5) is 0 Å². The van der Waals surface area contributed by atoms with Crippen molar-refractivity contribution in [3.63, 3.8) is 0 Å². The van der Waals surface area contributed by atoms with Crippen molar-refractivity contribution in [2.45, 2.75) is 37.3 Å². The van der Waals surface area contributed by atoms with Gasteiger partial charge in [-0.25, -0.2) is 13.1 Å². The van der Waals surface area contributed by atoms with Crippen LogP contribution < -0.4 is 4.72 Å². The Bertz CT molecular complexity index is 837. The van der Waals surface area contributed by atoms with Gasteiger partial charge in [-0.2, -0.15) is 0 Å². The molecule has 2 aromatic rings. The van der Waals surface area contributed by atoms with Crippen LogP contribution in [0.3, 0.4) is 0 Å². The number of piperidine rings is 1. The van der Waals surface area contributed by atoms with E-state index in [1.807, 2.05) is 18.2 Å². The lowest BCUT2D eigenvalue weighted by Crippen LogP contribution is -2.41. The molecule has 1 spiro atoms. The van der Waals surface area contributed by atoms with Crippen LogP contribution >= 0.6 is 0 Å². The van der Waals surface area contributed by atoms with Crippen molar-refractivity contribution in [2.24, 2.45) is 0 Å². The number of furan rings is 1. The van der Waals surface area contributed by atoms with Gasteiger partial charge in [0, 0.05) is 6.04 Å². The van der Waals surface area contributed by atoms with Gasteiger partial charge in [0.15, 0.2) is 0 Å². The van der Waals surface area contributed by atoms with E-state index in [0.717, 1.165) is 50.2 Å². The lowest BCUT2D eigenvalue weighted by atomic mass is 9.73. The van der Waals surface area contributed by atoms with Crippen molar-refractivity contribution in [3.05, 3.63) is 59.5 Å². The average Bonchev–Trinajstić information content (AvgIpc) is 3.17. The van der Waals surface area contributed by atoms with Gasteiger partial charge in [0.2, 0.25) is 10.0 Å². The first-order valence-corrected chi connectivity index (χ1v) is 10.7. The zero-order chi connectivity index (χ0) is 17.5. The molecule has 2 aliphatic rings. The molecule has 1 saturated heterocycles. The van der Waals surface area contributed by atoms with E-state index in [4.69, 9.17) is 4.42 Å². The Morgan fingerprint density at radius 3 is 2.64 bits per heavy atom. The monoisotopic (exact) mass is 360 g/mol. The van der Waals surface area contributed by atoms with Gasteiger partial charge < -0.3 is 4.42 Å². The summed E-state index contributed by atoms with van der Waals surface area (Å²) in [5.41, 5.74) is 2.56. The number of rotatable bonds is 4. The predicted molar refractivity (Wildman–Crippen MR) is 96.7 cm³/mol. The molecule has 0 bridgehead atoms. The molecule has 2 heterocycles. The molecule has 1 aromatic heterocycles. The number of sulfonamides is 1. The first kappa shape index (κ1) is 16.8. The molecule has 0 unspecified atom stereocenters. The smallest absolute Gasteiger partial charge is 0.209 e. The molecule has 25 heavy (non-hydrogen) atoms. The van der Waals surface area contributed by atoms with Crippen LogP contribution in [-0.2, 0) is 22.0 Å². The number of hydrogen-bond donors (Lipinski definition) is 1. The van der Waals surface area contributed by atoms with Gasteiger partial charge in [-0.3, -0.25) is 4.90 Å². The predicted octanol–water partition coefficient (Wildman–Crippen LogP) is 2.81. The van der Waals surface area contributed by atoms with Gasteiger partial charge in [-0.05, 0) is 61.0 Å². The second-order valence-electron chi connectivity index (χ2n) is 7.37. The number of fused-ring (bicyclic) bond motifs is 2. The lowest BCUT2D eigenvalue weighted by molar-refractivity contribution is 0.140. The first-order valence-electron chi connectivity index (χ1n) is 8.77. The highest BCUT2D eigenvalue weighted by Crippen LogP contribution is 2.50. The summed E-state index contributed by atoms with van der Waals surface area (Å²) in [6.45, 7) is 2.84. The van der Waals surface area contributed by atoms with E-state index in [9.17, 15) is 8.42 Å². The van der Waals surface area contributed by atoms with E-state index in [1.165, 1.54) is 11.8 Å². The summed E-state index contributed by atoms with van der Waals surface area (Å²) < 4.78 is 31.8. The number of benzene rings is 1. The molecule has 4 rings (SSSR count). The molecule has 1 N–H and O–H groups in total. The van der Waals surface area contributed by atoms with Crippen molar-refractivity contribution >= 4 is 10.0 Å². The minimum atomic E-state index is -3.22. The van der Waals surface area contributed by atoms with E-state index in [0.29, 0.717) is 0 Å². The molecule has 0 amide bonds. The number of hydrogen-bond acceptors (Lipinski definition) is 4. The quantitative estimate of drug-likeness (QED) is 0.911. The summed E-state index contributed by atoms with van der Waals surface area (Å²) in [6, 6.07) is 12.2. The maximum Gasteiger partial charge on any atom is 0.209 e. The fourth-order valence-corrected chi connectivity index (χ4v) is 5.22. The van der Waals surface area contributed by atoms with Crippen molar-refractivity contribution in [1.29, 1.82) is 0 Å². The minimum absolute atomic E-state index is 0.0820. The molecular formula is C19H24N2O3S. The maximum atomic E-state index is 11.8. The van der Waals surface area contributed by atoms with Crippen LogP contribution in [0.15, 0.2) is 47.1 Å². The second-order valence-corrected chi connectivity index (χ2v) is 9.15. The summed E-state index contributed by atoms with van der Waals surface area (Å²) in [5.74, 6) is 0.999. The van der Waals surface area contributed by atoms with E-state index < -0.39 is 10.0 Å². The highest BCUT2D eigenvalue weighted by Gasteiger charge is 2.45. The fraction of sp³-hybridized carbons (Fsp3) is 0.474. The maximum absolute atomic E-state index is 11.8. The molecule has 6 heteroatoms.